The predicted molar refractivity (Wildman–Crippen MR) is 70.8 cm³/mol. The molecule has 0 bridgehead atoms. The Morgan fingerprint density at radius 2 is 2.21 bits per heavy atom. The first kappa shape index (κ1) is 14.9. The van der Waals surface area contributed by atoms with Crippen molar-refractivity contribution in [3.8, 4) is 11.8 Å². The normalized spacial score (nSPS) is 10.5. The average molecular weight is 263 g/mol. The topological polar surface area (TPSA) is 79.4 Å². The highest BCUT2D eigenvalue weighted by atomic mass is 16.6. The Bertz CT molecular complexity index is 494. The van der Waals surface area contributed by atoms with Gasteiger partial charge < -0.3 is 4.74 Å². The maximum Gasteiger partial charge on any atom is 0.270 e. The van der Waals surface area contributed by atoms with E-state index in [1.807, 2.05) is 19.9 Å². The van der Waals surface area contributed by atoms with Crippen LogP contribution in [0.1, 0.15) is 19.4 Å². The molecule has 0 aliphatic carbocycles. The van der Waals surface area contributed by atoms with E-state index < -0.39 is 4.92 Å². The molecule has 0 atom stereocenters. The molecule has 0 fully saturated rings. The highest BCUT2D eigenvalue weighted by Crippen LogP contribution is 2.26. The number of nitro benzene ring substituents is 1. The number of rotatable bonds is 6. The smallest absolute Gasteiger partial charge is 0.270 e. The number of hydrogen-bond acceptors (Lipinski definition) is 5. The standard InChI is InChI=1S/C13H17N3O3/c1-10(2)19-13-5-4-12(16(17)18)8-11(13)9-15(3)7-6-14/h4-5,8,10H,7,9H2,1-3H3. The van der Waals surface area contributed by atoms with Crippen molar-refractivity contribution < 1.29 is 9.66 Å². The Kier molecular flexibility index (Phi) is 5.27. The molecule has 19 heavy (non-hydrogen) atoms. The number of nitrogens with zero attached hydrogens (tertiary/aromatic N) is 3. The Morgan fingerprint density at radius 3 is 2.74 bits per heavy atom. The summed E-state index contributed by atoms with van der Waals surface area (Å²) in [7, 11) is 1.78. The summed E-state index contributed by atoms with van der Waals surface area (Å²) in [4.78, 5) is 12.1. The minimum Gasteiger partial charge on any atom is -0.491 e. The highest BCUT2D eigenvalue weighted by molar-refractivity contribution is 5.44. The second-order valence-corrected chi connectivity index (χ2v) is 4.55. The average Bonchev–Trinajstić information content (AvgIpc) is 2.30. The van der Waals surface area contributed by atoms with Crippen molar-refractivity contribution in [2.75, 3.05) is 13.6 Å². The Hall–Kier alpha value is -2.13. The minimum absolute atomic E-state index is 0.0125. The highest BCUT2D eigenvalue weighted by Gasteiger charge is 2.14. The second-order valence-electron chi connectivity index (χ2n) is 4.55. The van der Waals surface area contributed by atoms with E-state index in [4.69, 9.17) is 10.00 Å². The molecule has 1 aromatic carbocycles. The van der Waals surface area contributed by atoms with Crippen molar-refractivity contribution in [2.24, 2.45) is 0 Å². The van der Waals surface area contributed by atoms with Crippen LogP contribution in [0.4, 0.5) is 5.69 Å². The summed E-state index contributed by atoms with van der Waals surface area (Å²) in [6.07, 6.45) is -0.0125. The minimum atomic E-state index is -0.438. The van der Waals surface area contributed by atoms with Crippen molar-refractivity contribution in [3.05, 3.63) is 33.9 Å². The van der Waals surface area contributed by atoms with Gasteiger partial charge in [0.15, 0.2) is 0 Å². The third-order valence-electron chi connectivity index (χ3n) is 2.40. The molecular formula is C13H17N3O3. The van der Waals surface area contributed by atoms with E-state index in [9.17, 15) is 10.1 Å². The maximum atomic E-state index is 10.8. The monoisotopic (exact) mass is 263 g/mol. The molecule has 6 heteroatoms. The van der Waals surface area contributed by atoms with E-state index >= 15 is 0 Å². The van der Waals surface area contributed by atoms with Gasteiger partial charge in [0.2, 0.25) is 0 Å². The van der Waals surface area contributed by atoms with Gasteiger partial charge in [-0.15, -0.1) is 0 Å². The summed E-state index contributed by atoms with van der Waals surface area (Å²) in [5.41, 5.74) is 0.733. The van der Waals surface area contributed by atoms with Gasteiger partial charge in [-0.1, -0.05) is 0 Å². The van der Waals surface area contributed by atoms with E-state index in [0.29, 0.717) is 17.9 Å². The molecule has 6 nitrogen and oxygen atoms in total. The van der Waals surface area contributed by atoms with E-state index in [2.05, 4.69) is 0 Å². The van der Waals surface area contributed by atoms with Gasteiger partial charge in [-0.25, -0.2) is 0 Å². The molecule has 0 unspecified atom stereocenters. The molecule has 0 amide bonds. The summed E-state index contributed by atoms with van der Waals surface area (Å²) in [6, 6.07) is 6.56. The van der Waals surface area contributed by atoms with Crippen LogP contribution in [0.2, 0.25) is 0 Å². The summed E-state index contributed by atoms with van der Waals surface area (Å²) in [6.45, 7) is 4.47. The molecule has 0 saturated carbocycles. The van der Waals surface area contributed by atoms with Crippen LogP contribution in [0.3, 0.4) is 0 Å². The summed E-state index contributed by atoms with van der Waals surface area (Å²) in [5.74, 6) is 0.616. The fourth-order valence-electron chi connectivity index (χ4n) is 1.64. The van der Waals surface area contributed by atoms with Gasteiger partial charge in [0.1, 0.15) is 5.75 Å². The zero-order chi connectivity index (χ0) is 14.4. The van der Waals surface area contributed by atoms with Crippen molar-refractivity contribution in [1.82, 2.24) is 4.90 Å². The number of hydrogen-bond donors (Lipinski definition) is 0. The van der Waals surface area contributed by atoms with Crippen LogP contribution in [0.15, 0.2) is 18.2 Å². The van der Waals surface area contributed by atoms with Gasteiger partial charge in [-0.2, -0.15) is 5.26 Å². The molecule has 0 spiro atoms. The molecule has 0 saturated heterocycles. The lowest BCUT2D eigenvalue weighted by molar-refractivity contribution is -0.385. The summed E-state index contributed by atoms with van der Waals surface area (Å²) >= 11 is 0. The summed E-state index contributed by atoms with van der Waals surface area (Å²) < 4.78 is 5.63. The first-order valence-electron chi connectivity index (χ1n) is 5.93. The van der Waals surface area contributed by atoms with Crippen molar-refractivity contribution >= 4 is 5.69 Å². The van der Waals surface area contributed by atoms with Crippen LogP contribution in [-0.2, 0) is 6.54 Å². The van der Waals surface area contributed by atoms with Crippen LogP contribution in [0.5, 0.6) is 5.75 Å². The summed E-state index contributed by atoms with van der Waals surface area (Å²) in [5, 5.41) is 19.4. The fraction of sp³-hybridized carbons (Fsp3) is 0.462. The van der Waals surface area contributed by atoms with Gasteiger partial charge in [-0.05, 0) is 27.0 Å². The van der Waals surface area contributed by atoms with Gasteiger partial charge in [-0.3, -0.25) is 15.0 Å². The van der Waals surface area contributed by atoms with Crippen LogP contribution >= 0.6 is 0 Å². The molecule has 0 aromatic heterocycles. The number of benzene rings is 1. The zero-order valence-corrected chi connectivity index (χ0v) is 11.3. The van der Waals surface area contributed by atoms with Crippen LogP contribution in [0, 0.1) is 21.4 Å². The quantitative estimate of drug-likeness (QED) is 0.447. The molecule has 0 aliphatic heterocycles. The lowest BCUT2D eigenvalue weighted by Gasteiger charge is -2.17. The van der Waals surface area contributed by atoms with Crippen molar-refractivity contribution in [3.63, 3.8) is 0 Å². The third-order valence-corrected chi connectivity index (χ3v) is 2.40. The van der Waals surface area contributed by atoms with Crippen molar-refractivity contribution in [1.29, 1.82) is 5.26 Å². The van der Waals surface area contributed by atoms with Crippen LogP contribution in [-0.4, -0.2) is 29.5 Å². The zero-order valence-electron chi connectivity index (χ0n) is 11.3. The number of nitriles is 1. The number of nitro groups is 1. The molecular weight excluding hydrogens is 246 g/mol. The van der Waals surface area contributed by atoms with Gasteiger partial charge in [0.05, 0.1) is 23.6 Å². The van der Waals surface area contributed by atoms with Gasteiger partial charge >= 0.3 is 0 Å². The van der Waals surface area contributed by atoms with Crippen LogP contribution < -0.4 is 4.74 Å². The molecule has 0 aliphatic rings. The van der Waals surface area contributed by atoms with E-state index in [-0.39, 0.29) is 18.3 Å². The third kappa shape index (κ3) is 4.56. The largest absolute Gasteiger partial charge is 0.491 e. The molecule has 0 N–H and O–H groups in total. The van der Waals surface area contributed by atoms with Crippen molar-refractivity contribution in [2.45, 2.75) is 26.5 Å². The SMILES string of the molecule is CC(C)Oc1ccc([N+](=O)[O-])cc1CN(C)CC#N. The fourth-order valence-corrected chi connectivity index (χ4v) is 1.64. The first-order chi connectivity index (χ1) is 8.93. The van der Waals surface area contributed by atoms with Gasteiger partial charge in [0.25, 0.3) is 5.69 Å². The first-order valence-corrected chi connectivity index (χ1v) is 5.93. The lowest BCUT2D eigenvalue weighted by Crippen LogP contribution is -2.19. The van der Waals surface area contributed by atoms with E-state index in [0.717, 1.165) is 0 Å². The maximum absolute atomic E-state index is 10.8. The Balaban J connectivity index is 3.03. The molecule has 0 radical (unpaired) electrons. The van der Waals surface area contributed by atoms with Gasteiger partial charge in [0, 0.05) is 24.2 Å². The molecule has 102 valence electrons. The van der Waals surface area contributed by atoms with E-state index in [1.54, 1.807) is 18.0 Å². The Morgan fingerprint density at radius 1 is 1.53 bits per heavy atom. The predicted octanol–water partition coefficient (Wildman–Crippen LogP) is 2.34. The lowest BCUT2D eigenvalue weighted by atomic mass is 10.1. The number of ether oxygens (including phenoxy) is 1. The van der Waals surface area contributed by atoms with E-state index in [1.165, 1.54) is 12.1 Å². The number of non-ortho nitro benzene ring substituents is 1. The molecule has 1 aromatic rings. The molecule has 0 heterocycles. The Labute approximate surface area is 112 Å². The molecule has 1 rings (SSSR count). The second kappa shape index (κ2) is 6.71. The van der Waals surface area contributed by atoms with Crippen LogP contribution in [0.25, 0.3) is 0 Å².